The maximum absolute atomic E-state index is 4.70. The SMILES string of the molecule is CC#CCCNC(C)c1sc(C(C)(C)C)nc1C. The second-order valence-electron chi connectivity index (χ2n) is 5.57. The lowest BCUT2D eigenvalue weighted by atomic mass is 9.98. The van der Waals surface area contributed by atoms with E-state index >= 15 is 0 Å². The van der Waals surface area contributed by atoms with Crippen LogP contribution in [0.25, 0.3) is 0 Å². The summed E-state index contributed by atoms with van der Waals surface area (Å²) in [6.45, 7) is 13.8. The zero-order valence-corrected chi connectivity index (χ0v) is 13.2. The lowest BCUT2D eigenvalue weighted by molar-refractivity contribution is 0.582. The van der Waals surface area contributed by atoms with Crippen LogP contribution in [0.15, 0.2) is 0 Å². The Bertz CT molecular complexity index is 443. The van der Waals surface area contributed by atoms with E-state index in [-0.39, 0.29) is 5.41 Å². The second kappa shape index (κ2) is 6.36. The number of hydrogen-bond donors (Lipinski definition) is 1. The third-order valence-electron chi connectivity index (χ3n) is 2.74. The molecule has 0 aliphatic heterocycles. The molecule has 3 heteroatoms. The summed E-state index contributed by atoms with van der Waals surface area (Å²) in [4.78, 5) is 6.05. The zero-order chi connectivity index (χ0) is 13.8. The van der Waals surface area contributed by atoms with E-state index in [9.17, 15) is 0 Å². The van der Waals surface area contributed by atoms with E-state index in [0.29, 0.717) is 6.04 Å². The highest BCUT2D eigenvalue weighted by Crippen LogP contribution is 2.32. The summed E-state index contributed by atoms with van der Waals surface area (Å²) in [6.07, 6.45) is 0.908. The van der Waals surface area contributed by atoms with Crippen LogP contribution < -0.4 is 5.32 Å². The molecular weight excluding hydrogens is 240 g/mol. The van der Waals surface area contributed by atoms with Crippen LogP contribution in [0.2, 0.25) is 0 Å². The van der Waals surface area contributed by atoms with Gasteiger partial charge in [0.25, 0.3) is 0 Å². The van der Waals surface area contributed by atoms with Crippen molar-refractivity contribution in [2.24, 2.45) is 0 Å². The third kappa shape index (κ3) is 4.12. The molecule has 0 fully saturated rings. The molecule has 0 bridgehead atoms. The van der Waals surface area contributed by atoms with Gasteiger partial charge < -0.3 is 5.32 Å². The smallest absolute Gasteiger partial charge is 0.0985 e. The van der Waals surface area contributed by atoms with Gasteiger partial charge >= 0.3 is 0 Å². The van der Waals surface area contributed by atoms with Gasteiger partial charge in [-0.05, 0) is 20.8 Å². The van der Waals surface area contributed by atoms with E-state index in [2.05, 4.69) is 51.8 Å². The molecule has 1 unspecified atom stereocenters. The average molecular weight is 264 g/mol. The van der Waals surface area contributed by atoms with E-state index < -0.39 is 0 Å². The normalized spacial score (nSPS) is 13.0. The Morgan fingerprint density at radius 2 is 2.06 bits per heavy atom. The van der Waals surface area contributed by atoms with Gasteiger partial charge in [0.15, 0.2) is 0 Å². The molecule has 0 aromatic carbocycles. The number of thiazole rings is 1. The van der Waals surface area contributed by atoms with Gasteiger partial charge in [-0.15, -0.1) is 23.2 Å². The van der Waals surface area contributed by atoms with Crippen LogP contribution in [0, 0.1) is 18.8 Å². The van der Waals surface area contributed by atoms with Crippen molar-refractivity contribution < 1.29 is 0 Å². The van der Waals surface area contributed by atoms with Gasteiger partial charge in [-0.2, -0.15) is 0 Å². The summed E-state index contributed by atoms with van der Waals surface area (Å²) in [5.41, 5.74) is 1.30. The first-order valence-electron chi connectivity index (χ1n) is 6.47. The van der Waals surface area contributed by atoms with Crippen molar-refractivity contribution in [1.29, 1.82) is 0 Å². The highest BCUT2D eigenvalue weighted by molar-refractivity contribution is 7.12. The summed E-state index contributed by atoms with van der Waals surface area (Å²) >= 11 is 1.83. The van der Waals surface area contributed by atoms with Crippen molar-refractivity contribution in [2.45, 2.75) is 59.4 Å². The molecule has 0 aliphatic carbocycles. The maximum Gasteiger partial charge on any atom is 0.0985 e. The zero-order valence-electron chi connectivity index (χ0n) is 12.3. The van der Waals surface area contributed by atoms with Gasteiger partial charge in [0.1, 0.15) is 0 Å². The first-order valence-corrected chi connectivity index (χ1v) is 7.28. The molecule has 1 aromatic rings. The van der Waals surface area contributed by atoms with Crippen LogP contribution in [0.1, 0.15) is 62.7 Å². The number of aromatic nitrogens is 1. The molecule has 1 atom stereocenters. The Balaban J connectivity index is 2.70. The summed E-state index contributed by atoms with van der Waals surface area (Å²) in [5.74, 6) is 5.99. The molecule has 1 rings (SSSR count). The van der Waals surface area contributed by atoms with Gasteiger partial charge in [-0.1, -0.05) is 20.8 Å². The van der Waals surface area contributed by atoms with Gasteiger partial charge in [0.2, 0.25) is 0 Å². The highest BCUT2D eigenvalue weighted by atomic mass is 32.1. The summed E-state index contributed by atoms with van der Waals surface area (Å²) < 4.78 is 0. The molecule has 18 heavy (non-hydrogen) atoms. The van der Waals surface area contributed by atoms with Gasteiger partial charge in [0.05, 0.1) is 10.7 Å². The Hall–Kier alpha value is -0.850. The van der Waals surface area contributed by atoms with Gasteiger partial charge in [-0.25, -0.2) is 4.98 Å². The van der Waals surface area contributed by atoms with E-state index in [0.717, 1.165) is 18.7 Å². The van der Waals surface area contributed by atoms with Crippen molar-refractivity contribution in [3.05, 3.63) is 15.6 Å². The number of nitrogens with one attached hydrogen (secondary N) is 1. The monoisotopic (exact) mass is 264 g/mol. The Morgan fingerprint density at radius 1 is 1.39 bits per heavy atom. The van der Waals surface area contributed by atoms with Gasteiger partial charge in [-0.3, -0.25) is 0 Å². The van der Waals surface area contributed by atoms with E-state index in [1.165, 1.54) is 9.88 Å². The Kier molecular flexibility index (Phi) is 5.37. The van der Waals surface area contributed by atoms with Crippen molar-refractivity contribution in [3.8, 4) is 11.8 Å². The van der Waals surface area contributed by atoms with Crippen LogP contribution in [0.3, 0.4) is 0 Å². The minimum Gasteiger partial charge on any atom is -0.308 e. The van der Waals surface area contributed by atoms with Crippen LogP contribution in [0.4, 0.5) is 0 Å². The number of aryl methyl sites for hydroxylation is 1. The average Bonchev–Trinajstić information content (AvgIpc) is 2.66. The van der Waals surface area contributed by atoms with Crippen LogP contribution in [-0.2, 0) is 5.41 Å². The fourth-order valence-electron chi connectivity index (χ4n) is 1.70. The number of hydrogen-bond acceptors (Lipinski definition) is 3. The summed E-state index contributed by atoms with van der Waals surface area (Å²) in [6, 6.07) is 0.359. The molecule has 0 aliphatic rings. The van der Waals surface area contributed by atoms with Crippen LogP contribution in [0.5, 0.6) is 0 Å². The van der Waals surface area contributed by atoms with Crippen molar-refractivity contribution in [3.63, 3.8) is 0 Å². The van der Waals surface area contributed by atoms with Gasteiger partial charge in [0, 0.05) is 29.3 Å². The third-order valence-corrected chi connectivity index (χ3v) is 4.51. The Morgan fingerprint density at radius 3 is 2.56 bits per heavy atom. The molecule has 0 saturated carbocycles. The lowest BCUT2D eigenvalue weighted by Gasteiger charge is -2.14. The molecule has 0 amide bonds. The predicted molar refractivity (Wildman–Crippen MR) is 80.0 cm³/mol. The van der Waals surface area contributed by atoms with Crippen LogP contribution in [-0.4, -0.2) is 11.5 Å². The van der Waals surface area contributed by atoms with Crippen molar-refractivity contribution in [1.82, 2.24) is 10.3 Å². The quantitative estimate of drug-likeness (QED) is 0.660. The predicted octanol–water partition coefficient (Wildman–Crippen LogP) is 3.81. The maximum atomic E-state index is 4.70. The fraction of sp³-hybridized carbons (Fsp3) is 0.667. The van der Waals surface area contributed by atoms with E-state index in [1.54, 1.807) is 0 Å². The van der Waals surface area contributed by atoms with Crippen LogP contribution >= 0.6 is 11.3 Å². The largest absolute Gasteiger partial charge is 0.308 e. The minimum atomic E-state index is 0.140. The lowest BCUT2D eigenvalue weighted by Crippen LogP contribution is -2.19. The summed E-state index contributed by atoms with van der Waals surface area (Å²) in [7, 11) is 0. The molecule has 0 saturated heterocycles. The highest BCUT2D eigenvalue weighted by Gasteiger charge is 2.21. The van der Waals surface area contributed by atoms with Crippen molar-refractivity contribution >= 4 is 11.3 Å². The molecule has 1 aromatic heterocycles. The molecule has 1 N–H and O–H groups in total. The molecule has 0 spiro atoms. The van der Waals surface area contributed by atoms with E-state index in [4.69, 9.17) is 4.98 Å². The second-order valence-corrected chi connectivity index (χ2v) is 6.60. The molecule has 100 valence electrons. The summed E-state index contributed by atoms with van der Waals surface area (Å²) in [5, 5.41) is 4.73. The molecule has 0 radical (unpaired) electrons. The molecule has 1 heterocycles. The standard InChI is InChI=1S/C15H24N2S/c1-7-8-9-10-16-11(2)13-12(3)17-14(18-13)15(4,5)6/h11,16H,9-10H2,1-6H3. The first-order chi connectivity index (χ1) is 8.36. The van der Waals surface area contributed by atoms with Crippen molar-refractivity contribution in [2.75, 3.05) is 6.54 Å². The Labute approximate surface area is 115 Å². The number of rotatable bonds is 4. The topological polar surface area (TPSA) is 24.9 Å². The minimum absolute atomic E-state index is 0.140. The molecular formula is C15H24N2S. The molecule has 2 nitrogen and oxygen atoms in total. The number of nitrogens with zero attached hydrogens (tertiary/aromatic N) is 1. The fourth-order valence-corrected chi connectivity index (χ4v) is 2.85. The first kappa shape index (κ1) is 15.2. The van der Waals surface area contributed by atoms with E-state index in [1.807, 2.05) is 18.3 Å².